The van der Waals surface area contributed by atoms with E-state index in [-0.39, 0.29) is 0 Å². The molecule has 0 aliphatic carbocycles. The maximum absolute atomic E-state index is 3.66. The average molecular weight is 292 g/mol. The van der Waals surface area contributed by atoms with Crippen molar-refractivity contribution in [2.24, 2.45) is 0 Å². The minimum absolute atomic E-state index is 0.400. The molecule has 112 valence electrons. The Morgan fingerprint density at radius 2 is 2.05 bits per heavy atom. The fraction of sp³-hybridized carbons (Fsp3) is 0.647. The third-order valence-corrected chi connectivity index (χ3v) is 6.36. The fourth-order valence-electron chi connectivity index (χ4n) is 3.03. The highest BCUT2D eigenvalue weighted by Gasteiger charge is 2.24. The van der Waals surface area contributed by atoms with Gasteiger partial charge < -0.3 is 10.2 Å². The summed E-state index contributed by atoms with van der Waals surface area (Å²) in [4.78, 5) is 2.35. The highest BCUT2D eigenvalue weighted by atomic mass is 32.2. The standard InChI is InChI=1S/C17H28N2S/c1-5-17(6-2,20-4)13-18-12-14-7-8-16-15(11-14)9-10-19(16)3/h7-8,11,18H,5-6,9-10,12-13H2,1-4H3. The minimum Gasteiger partial charge on any atom is -0.374 e. The maximum Gasteiger partial charge on any atom is 0.0397 e. The van der Waals surface area contributed by atoms with Crippen LogP contribution in [0.1, 0.15) is 37.8 Å². The van der Waals surface area contributed by atoms with Gasteiger partial charge in [0.25, 0.3) is 0 Å². The smallest absolute Gasteiger partial charge is 0.0397 e. The van der Waals surface area contributed by atoms with Crippen molar-refractivity contribution in [3.05, 3.63) is 29.3 Å². The Kier molecular flexibility index (Phi) is 5.39. The lowest BCUT2D eigenvalue weighted by Crippen LogP contribution is -2.36. The topological polar surface area (TPSA) is 15.3 Å². The van der Waals surface area contributed by atoms with Crippen LogP contribution in [0, 0.1) is 0 Å². The highest BCUT2D eigenvalue weighted by Crippen LogP contribution is 2.30. The molecule has 1 aromatic rings. The van der Waals surface area contributed by atoms with Crippen LogP contribution < -0.4 is 10.2 Å². The summed E-state index contributed by atoms with van der Waals surface area (Å²) in [5, 5.41) is 3.66. The zero-order valence-corrected chi connectivity index (χ0v) is 14.1. The summed E-state index contributed by atoms with van der Waals surface area (Å²) in [6, 6.07) is 6.93. The van der Waals surface area contributed by atoms with Crippen LogP contribution >= 0.6 is 11.8 Å². The molecule has 1 heterocycles. The monoisotopic (exact) mass is 292 g/mol. The number of fused-ring (bicyclic) bond motifs is 1. The number of hydrogen-bond donors (Lipinski definition) is 1. The molecule has 1 aliphatic rings. The zero-order valence-electron chi connectivity index (χ0n) is 13.3. The third-order valence-electron chi connectivity index (χ3n) is 4.77. The van der Waals surface area contributed by atoms with E-state index in [9.17, 15) is 0 Å². The molecule has 0 unspecified atom stereocenters. The van der Waals surface area contributed by atoms with Gasteiger partial charge in [-0.3, -0.25) is 0 Å². The molecule has 0 saturated heterocycles. The summed E-state index contributed by atoms with van der Waals surface area (Å²) in [7, 11) is 2.18. The highest BCUT2D eigenvalue weighted by molar-refractivity contribution is 8.00. The predicted molar refractivity (Wildman–Crippen MR) is 92.0 cm³/mol. The van der Waals surface area contributed by atoms with Gasteiger partial charge in [0.15, 0.2) is 0 Å². The van der Waals surface area contributed by atoms with E-state index in [1.165, 1.54) is 36.1 Å². The Labute approximate surface area is 128 Å². The molecular formula is C17H28N2S. The molecule has 1 aromatic carbocycles. The lowest BCUT2D eigenvalue weighted by atomic mass is 10.0. The molecule has 0 saturated carbocycles. The number of likely N-dealkylation sites (N-methyl/N-ethyl adjacent to an activating group) is 1. The van der Waals surface area contributed by atoms with Crippen LogP contribution in [0.2, 0.25) is 0 Å². The van der Waals surface area contributed by atoms with E-state index in [1.54, 1.807) is 0 Å². The number of anilines is 1. The third kappa shape index (κ3) is 3.32. The first-order valence-corrected chi connectivity index (χ1v) is 8.95. The second-order valence-electron chi connectivity index (χ2n) is 5.83. The van der Waals surface area contributed by atoms with E-state index in [0.29, 0.717) is 4.75 Å². The van der Waals surface area contributed by atoms with Gasteiger partial charge in [0.2, 0.25) is 0 Å². The molecule has 2 rings (SSSR count). The van der Waals surface area contributed by atoms with Crippen LogP contribution in [0.25, 0.3) is 0 Å². The Bertz CT molecular complexity index is 432. The number of hydrogen-bond acceptors (Lipinski definition) is 3. The van der Waals surface area contributed by atoms with Crippen molar-refractivity contribution in [1.29, 1.82) is 0 Å². The Morgan fingerprint density at radius 3 is 2.70 bits per heavy atom. The van der Waals surface area contributed by atoms with Crippen molar-refractivity contribution in [3.63, 3.8) is 0 Å². The molecule has 2 nitrogen and oxygen atoms in total. The molecule has 0 spiro atoms. The van der Waals surface area contributed by atoms with Gasteiger partial charge in [0, 0.05) is 37.1 Å². The van der Waals surface area contributed by atoms with Crippen LogP contribution in [0.15, 0.2) is 18.2 Å². The normalized spacial score (nSPS) is 14.7. The quantitative estimate of drug-likeness (QED) is 0.825. The summed E-state index contributed by atoms with van der Waals surface area (Å²) in [5.74, 6) is 0. The van der Waals surface area contributed by atoms with Crippen LogP contribution in [0.4, 0.5) is 5.69 Å². The van der Waals surface area contributed by atoms with Crippen molar-refractivity contribution < 1.29 is 0 Å². The molecule has 0 fully saturated rings. The molecule has 0 amide bonds. The molecule has 1 aliphatic heterocycles. The second-order valence-corrected chi connectivity index (χ2v) is 7.11. The first-order chi connectivity index (χ1) is 9.64. The summed E-state index contributed by atoms with van der Waals surface area (Å²) < 4.78 is 0.400. The summed E-state index contributed by atoms with van der Waals surface area (Å²) >= 11 is 2.00. The van der Waals surface area contributed by atoms with Gasteiger partial charge in [-0.25, -0.2) is 0 Å². The molecule has 1 N–H and O–H groups in total. The Morgan fingerprint density at radius 1 is 1.30 bits per heavy atom. The van der Waals surface area contributed by atoms with Crippen molar-refractivity contribution in [3.8, 4) is 0 Å². The van der Waals surface area contributed by atoms with Crippen molar-refractivity contribution >= 4 is 17.4 Å². The van der Waals surface area contributed by atoms with Gasteiger partial charge >= 0.3 is 0 Å². The fourth-order valence-corrected chi connectivity index (χ4v) is 3.85. The molecule has 3 heteroatoms. The van der Waals surface area contributed by atoms with Crippen LogP contribution in [0.5, 0.6) is 0 Å². The van der Waals surface area contributed by atoms with Gasteiger partial charge in [-0.15, -0.1) is 0 Å². The van der Waals surface area contributed by atoms with E-state index in [1.807, 2.05) is 11.8 Å². The first-order valence-electron chi connectivity index (χ1n) is 7.73. The summed E-state index contributed by atoms with van der Waals surface area (Å²) in [6.07, 6.45) is 5.89. The zero-order chi connectivity index (χ0) is 14.6. The number of benzene rings is 1. The van der Waals surface area contributed by atoms with Gasteiger partial charge in [-0.2, -0.15) is 11.8 Å². The average Bonchev–Trinajstić information content (AvgIpc) is 2.85. The molecule has 0 radical (unpaired) electrons. The van der Waals surface area contributed by atoms with E-state index in [0.717, 1.165) is 19.6 Å². The number of rotatable bonds is 7. The molecule has 20 heavy (non-hydrogen) atoms. The predicted octanol–water partition coefficient (Wildman–Crippen LogP) is 3.69. The molecular weight excluding hydrogens is 264 g/mol. The van der Waals surface area contributed by atoms with Crippen LogP contribution in [0.3, 0.4) is 0 Å². The van der Waals surface area contributed by atoms with Gasteiger partial charge in [0.1, 0.15) is 0 Å². The summed E-state index contributed by atoms with van der Waals surface area (Å²) in [6.45, 7) is 7.84. The Hall–Kier alpha value is -0.670. The van der Waals surface area contributed by atoms with E-state index < -0.39 is 0 Å². The van der Waals surface area contributed by atoms with E-state index >= 15 is 0 Å². The second kappa shape index (κ2) is 6.86. The first kappa shape index (κ1) is 15.7. The lowest BCUT2D eigenvalue weighted by Gasteiger charge is -2.30. The number of nitrogens with one attached hydrogen (secondary N) is 1. The maximum atomic E-state index is 3.66. The van der Waals surface area contributed by atoms with Crippen molar-refractivity contribution in [2.45, 2.75) is 44.4 Å². The summed E-state index contributed by atoms with van der Waals surface area (Å²) in [5.41, 5.74) is 4.34. The van der Waals surface area contributed by atoms with E-state index in [2.05, 4.69) is 55.6 Å². The largest absolute Gasteiger partial charge is 0.374 e. The molecule has 0 bridgehead atoms. The van der Waals surface area contributed by atoms with Crippen LogP contribution in [-0.2, 0) is 13.0 Å². The van der Waals surface area contributed by atoms with Crippen molar-refractivity contribution in [2.75, 3.05) is 31.3 Å². The van der Waals surface area contributed by atoms with Crippen LogP contribution in [-0.4, -0.2) is 31.1 Å². The van der Waals surface area contributed by atoms with Gasteiger partial charge in [-0.1, -0.05) is 26.0 Å². The molecule has 0 aromatic heterocycles. The minimum atomic E-state index is 0.400. The number of thioether (sulfide) groups is 1. The lowest BCUT2D eigenvalue weighted by molar-refractivity contribution is 0.495. The van der Waals surface area contributed by atoms with Gasteiger partial charge in [-0.05, 0) is 42.7 Å². The van der Waals surface area contributed by atoms with Gasteiger partial charge in [0.05, 0.1) is 0 Å². The Balaban J connectivity index is 1.92. The SMILES string of the molecule is CCC(CC)(CNCc1ccc2c(c1)CCN2C)SC. The van der Waals surface area contributed by atoms with Crippen molar-refractivity contribution in [1.82, 2.24) is 5.32 Å². The van der Waals surface area contributed by atoms with E-state index in [4.69, 9.17) is 0 Å². The molecule has 0 atom stereocenters. The number of nitrogens with zero attached hydrogens (tertiary/aromatic N) is 1.